The van der Waals surface area contributed by atoms with Gasteiger partial charge in [-0.3, -0.25) is 0 Å². The molecule has 1 aromatic carbocycles. The molecule has 19 heavy (non-hydrogen) atoms. The predicted octanol–water partition coefficient (Wildman–Crippen LogP) is 4.17. The lowest BCUT2D eigenvalue weighted by atomic mass is 9.80. The monoisotopic (exact) mass is 261 g/mol. The Morgan fingerprint density at radius 1 is 1.05 bits per heavy atom. The van der Waals surface area contributed by atoms with E-state index in [1.54, 1.807) is 7.11 Å². The lowest BCUT2D eigenvalue weighted by Crippen LogP contribution is -2.37. The minimum atomic E-state index is 0.411. The Hall–Kier alpha value is -1.02. The zero-order valence-corrected chi connectivity index (χ0v) is 12.6. The highest BCUT2D eigenvalue weighted by Gasteiger charge is 2.24. The van der Waals surface area contributed by atoms with Gasteiger partial charge in [0.1, 0.15) is 5.75 Å². The first-order valence-corrected chi connectivity index (χ1v) is 7.48. The Morgan fingerprint density at radius 3 is 2.16 bits per heavy atom. The minimum absolute atomic E-state index is 0.411. The Labute approximate surface area is 117 Å². The summed E-state index contributed by atoms with van der Waals surface area (Å²) in [5, 5.41) is 3.79. The minimum Gasteiger partial charge on any atom is -0.497 e. The number of ether oxygens (including phenoxy) is 1. The van der Waals surface area contributed by atoms with Crippen LogP contribution >= 0.6 is 0 Å². The molecule has 1 aliphatic carbocycles. The summed E-state index contributed by atoms with van der Waals surface area (Å²) in [5.74, 6) is 2.63. The van der Waals surface area contributed by atoms with Gasteiger partial charge in [-0.1, -0.05) is 26.0 Å². The summed E-state index contributed by atoms with van der Waals surface area (Å²) < 4.78 is 5.21. The molecule has 0 saturated heterocycles. The van der Waals surface area contributed by atoms with Gasteiger partial charge < -0.3 is 10.1 Å². The molecule has 106 valence electrons. The van der Waals surface area contributed by atoms with Gasteiger partial charge in [0.15, 0.2) is 0 Å². The predicted molar refractivity (Wildman–Crippen MR) is 80.5 cm³/mol. The van der Waals surface area contributed by atoms with Gasteiger partial charge in [-0.05, 0) is 55.7 Å². The van der Waals surface area contributed by atoms with Crippen molar-refractivity contribution in [3.63, 3.8) is 0 Å². The van der Waals surface area contributed by atoms with Crippen LogP contribution in [0.2, 0.25) is 0 Å². The quantitative estimate of drug-likeness (QED) is 0.878. The van der Waals surface area contributed by atoms with Gasteiger partial charge in [0.05, 0.1) is 7.11 Å². The maximum Gasteiger partial charge on any atom is 0.118 e. The number of methoxy groups -OCH3 is 1. The molecule has 1 N–H and O–H groups in total. The SMILES string of the molecule is COc1ccc([C@H](C)NC2CC(C)CC(C)C2)cc1. The number of hydrogen-bond acceptors (Lipinski definition) is 2. The van der Waals surface area contributed by atoms with Crippen molar-refractivity contribution >= 4 is 0 Å². The van der Waals surface area contributed by atoms with Crippen LogP contribution in [0, 0.1) is 11.8 Å². The second-order valence-corrected chi connectivity index (χ2v) is 6.28. The first kappa shape index (κ1) is 14.4. The molecule has 2 rings (SSSR count). The van der Waals surface area contributed by atoms with Gasteiger partial charge in [0.2, 0.25) is 0 Å². The molecular weight excluding hydrogens is 234 g/mol. The summed E-state index contributed by atoms with van der Waals surface area (Å²) in [7, 11) is 1.71. The molecule has 3 atom stereocenters. The maximum atomic E-state index is 5.21. The summed E-state index contributed by atoms with van der Waals surface area (Å²) in [6, 6.07) is 9.47. The molecule has 2 nitrogen and oxygen atoms in total. The molecule has 1 saturated carbocycles. The molecule has 0 bridgehead atoms. The second-order valence-electron chi connectivity index (χ2n) is 6.28. The van der Waals surface area contributed by atoms with Crippen molar-refractivity contribution in [1.82, 2.24) is 5.32 Å². The fraction of sp³-hybridized carbons (Fsp3) is 0.647. The molecule has 1 fully saturated rings. The Balaban J connectivity index is 1.93. The van der Waals surface area contributed by atoms with Crippen molar-refractivity contribution in [1.29, 1.82) is 0 Å². The summed E-state index contributed by atoms with van der Waals surface area (Å²) in [4.78, 5) is 0. The molecule has 0 spiro atoms. The van der Waals surface area contributed by atoms with Crippen LogP contribution in [0.25, 0.3) is 0 Å². The van der Waals surface area contributed by atoms with E-state index in [0.717, 1.165) is 17.6 Å². The molecule has 0 aromatic heterocycles. The molecule has 0 heterocycles. The van der Waals surface area contributed by atoms with Crippen molar-refractivity contribution in [3.8, 4) is 5.75 Å². The fourth-order valence-corrected chi connectivity index (χ4v) is 3.43. The van der Waals surface area contributed by atoms with Crippen molar-refractivity contribution in [2.75, 3.05) is 7.11 Å². The third-order valence-corrected chi connectivity index (χ3v) is 4.28. The molecule has 0 radical (unpaired) electrons. The summed E-state index contributed by atoms with van der Waals surface area (Å²) in [6.07, 6.45) is 4.00. The standard InChI is InChI=1S/C17H27NO/c1-12-9-13(2)11-16(10-12)18-14(3)15-5-7-17(19-4)8-6-15/h5-8,12-14,16,18H,9-11H2,1-4H3/t12?,13?,14-,16?/m0/s1. The van der Waals surface area contributed by atoms with E-state index in [9.17, 15) is 0 Å². The molecule has 1 aromatic rings. The van der Waals surface area contributed by atoms with Crippen molar-refractivity contribution in [2.24, 2.45) is 11.8 Å². The van der Waals surface area contributed by atoms with Crippen LogP contribution in [0.4, 0.5) is 0 Å². The largest absolute Gasteiger partial charge is 0.497 e. The third-order valence-electron chi connectivity index (χ3n) is 4.28. The summed E-state index contributed by atoms with van der Waals surface area (Å²) in [5.41, 5.74) is 1.34. The van der Waals surface area contributed by atoms with E-state index in [2.05, 4.69) is 38.2 Å². The first-order valence-electron chi connectivity index (χ1n) is 7.48. The molecule has 2 heteroatoms. The highest BCUT2D eigenvalue weighted by Crippen LogP contribution is 2.30. The molecule has 1 aliphatic rings. The third kappa shape index (κ3) is 3.97. The van der Waals surface area contributed by atoms with Gasteiger partial charge in [-0.15, -0.1) is 0 Å². The van der Waals surface area contributed by atoms with Crippen LogP contribution in [-0.2, 0) is 0 Å². The highest BCUT2D eigenvalue weighted by atomic mass is 16.5. The van der Waals surface area contributed by atoms with E-state index in [-0.39, 0.29) is 0 Å². The number of nitrogens with one attached hydrogen (secondary N) is 1. The molecule has 0 aliphatic heterocycles. The van der Waals surface area contributed by atoms with Crippen LogP contribution in [0.15, 0.2) is 24.3 Å². The van der Waals surface area contributed by atoms with Crippen LogP contribution in [0.5, 0.6) is 5.75 Å². The Morgan fingerprint density at radius 2 is 1.63 bits per heavy atom. The maximum absolute atomic E-state index is 5.21. The van der Waals surface area contributed by atoms with Crippen molar-refractivity contribution < 1.29 is 4.74 Å². The molecule has 2 unspecified atom stereocenters. The highest BCUT2D eigenvalue weighted by molar-refractivity contribution is 5.28. The Kier molecular flexibility index (Phi) is 4.87. The topological polar surface area (TPSA) is 21.3 Å². The normalized spacial score (nSPS) is 28.9. The summed E-state index contributed by atoms with van der Waals surface area (Å²) >= 11 is 0. The number of rotatable bonds is 4. The van der Waals surface area contributed by atoms with Crippen LogP contribution in [-0.4, -0.2) is 13.2 Å². The van der Waals surface area contributed by atoms with Crippen molar-refractivity contribution in [3.05, 3.63) is 29.8 Å². The van der Waals surface area contributed by atoms with E-state index in [1.807, 2.05) is 12.1 Å². The van der Waals surface area contributed by atoms with Gasteiger partial charge in [0.25, 0.3) is 0 Å². The average Bonchev–Trinajstić information content (AvgIpc) is 2.37. The van der Waals surface area contributed by atoms with Crippen LogP contribution < -0.4 is 10.1 Å². The van der Waals surface area contributed by atoms with Gasteiger partial charge >= 0.3 is 0 Å². The zero-order chi connectivity index (χ0) is 13.8. The molecule has 0 amide bonds. The lowest BCUT2D eigenvalue weighted by Gasteiger charge is -2.34. The number of benzene rings is 1. The van der Waals surface area contributed by atoms with E-state index < -0.39 is 0 Å². The van der Waals surface area contributed by atoms with Gasteiger partial charge in [-0.25, -0.2) is 0 Å². The zero-order valence-electron chi connectivity index (χ0n) is 12.6. The van der Waals surface area contributed by atoms with Gasteiger partial charge in [0, 0.05) is 12.1 Å². The van der Waals surface area contributed by atoms with Crippen LogP contribution in [0.3, 0.4) is 0 Å². The van der Waals surface area contributed by atoms with E-state index in [4.69, 9.17) is 4.74 Å². The van der Waals surface area contributed by atoms with Crippen LogP contribution in [0.1, 0.15) is 51.6 Å². The first-order chi connectivity index (χ1) is 9.08. The lowest BCUT2D eigenvalue weighted by molar-refractivity contribution is 0.228. The molecular formula is C17H27NO. The van der Waals surface area contributed by atoms with Gasteiger partial charge in [-0.2, -0.15) is 0 Å². The fourth-order valence-electron chi connectivity index (χ4n) is 3.43. The number of hydrogen-bond donors (Lipinski definition) is 1. The van der Waals surface area contributed by atoms with E-state index in [1.165, 1.54) is 24.8 Å². The second kappa shape index (κ2) is 6.42. The van der Waals surface area contributed by atoms with E-state index >= 15 is 0 Å². The summed E-state index contributed by atoms with van der Waals surface area (Å²) in [6.45, 7) is 7.01. The Bertz CT molecular complexity index is 377. The van der Waals surface area contributed by atoms with E-state index in [0.29, 0.717) is 12.1 Å². The smallest absolute Gasteiger partial charge is 0.118 e. The average molecular weight is 261 g/mol. The van der Waals surface area contributed by atoms with Crippen molar-refractivity contribution in [2.45, 2.75) is 52.1 Å².